The molecule has 0 radical (unpaired) electrons. The lowest BCUT2D eigenvalue weighted by Gasteiger charge is -2.33. The van der Waals surface area contributed by atoms with Gasteiger partial charge in [0.2, 0.25) is 5.91 Å². The fourth-order valence-corrected chi connectivity index (χ4v) is 4.64. The highest BCUT2D eigenvalue weighted by Crippen LogP contribution is 2.17. The lowest BCUT2D eigenvalue weighted by atomic mass is 10.0. The number of sulfone groups is 1. The second-order valence-electron chi connectivity index (χ2n) is 8.35. The van der Waals surface area contributed by atoms with Gasteiger partial charge in [-0.15, -0.1) is 0 Å². The van der Waals surface area contributed by atoms with Crippen molar-refractivity contribution in [1.29, 1.82) is 0 Å². The third-order valence-electron chi connectivity index (χ3n) is 5.63. The predicted octanol–water partition coefficient (Wildman–Crippen LogP) is 3.52. The third-order valence-corrected chi connectivity index (χ3v) is 6.76. The number of benzene rings is 1. The number of carbonyl (C=O) groups is 1. The van der Waals surface area contributed by atoms with Crippen LogP contribution in [0, 0.1) is 0 Å². The standard InChI is InChI=1S/C22H36N2O3S/c1-18(2)24(16-8-7-15-23-14-6-5-9-22(23)25)19(3)17-20-10-12-21(13-11-20)28(4,26)27/h10-13,18-19H,5-9,14-17H2,1-4H3. The third kappa shape index (κ3) is 6.89. The van der Waals surface area contributed by atoms with E-state index in [1.807, 2.05) is 17.0 Å². The molecule has 1 unspecified atom stereocenters. The van der Waals surface area contributed by atoms with Gasteiger partial charge < -0.3 is 4.90 Å². The monoisotopic (exact) mass is 408 g/mol. The van der Waals surface area contributed by atoms with E-state index in [0.717, 1.165) is 57.3 Å². The lowest BCUT2D eigenvalue weighted by Crippen LogP contribution is -2.41. The fourth-order valence-electron chi connectivity index (χ4n) is 4.01. The molecule has 1 aliphatic heterocycles. The topological polar surface area (TPSA) is 57.7 Å². The van der Waals surface area contributed by atoms with E-state index in [4.69, 9.17) is 0 Å². The van der Waals surface area contributed by atoms with Crippen LogP contribution in [-0.2, 0) is 21.1 Å². The molecule has 0 spiro atoms. The van der Waals surface area contributed by atoms with Gasteiger partial charge in [0, 0.05) is 37.8 Å². The van der Waals surface area contributed by atoms with E-state index in [1.54, 1.807) is 12.1 Å². The Balaban J connectivity index is 1.84. The number of hydrogen-bond acceptors (Lipinski definition) is 4. The molecule has 0 aromatic heterocycles. The van der Waals surface area contributed by atoms with Crippen LogP contribution in [0.15, 0.2) is 29.2 Å². The van der Waals surface area contributed by atoms with Crippen molar-refractivity contribution in [2.24, 2.45) is 0 Å². The van der Waals surface area contributed by atoms with Gasteiger partial charge in [0.1, 0.15) is 0 Å². The summed E-state index contributed by atoms with van der Waals surface area (Å²) in [5, 5.41) is 0. The van der Waals surface area contributed by atoms with Gasteiger partial charge in [-0.2, -0.15) is 0 Å². The maximum atomic E-state index is 11.9. The number of carbonyl (C=O) groups excluding carboxylic acids is 1. The first-order valence-electron chi connectivity index (χ1n) is 10.5. The highest BCUT2D eigenvalue weighted by Gasteiger charge is 2.19. The quantitative estimate of drug-likeness (QED) is 0.556. The summed E-state index contributed by atoms with van der Waals surface area (Å²) in [7, 11) is -3.14. The van der Waals surface area contributed by atoms with E-state index in [0.29, 0.717) is 29.3 Å². The molecule has 5 nitrogen and oxygen atoms in total. The number of rotatable bonds is 10. The Morgan fingerprint density at radius 3 is 2.32 bits per heavy atom. The van der Waals surface area contributed by atoms with E-state index >= 15 is 0 Å². The zero-order valence-electron chi connectivity index (χ0n) is 17.9. The second kappa shape index (κ2) is 10.4. The number of unbranched alkanes of at least 4 members (excludes halogenated alkanes) is 1. The van der Waals surface area contributed by atoms with Crippen molar-refractivity contribution < 1.29 is 13.2 Å². The second-order valence-corrected chi connectivity index (χ2v) is 10.4. The van der Waals surface area contributed by atoms with Crippen molar-refractivity contribution in [1.82, 2.24) is 9.80 Å². The number of likely N-dealkylation sites (tertiary alicyclic amines) is 1. The van der Waals surface area contributed by atoms with Crippen LogP contribution in [0.4, 0.5) is 0 Å². The van der Waals surface area contributed by atoms with Crippen LogP contribution in [0.5, 0.6) is 0 Å². The maximum Gasteiger partial charge on any atom is 0.222 e. The first kappa shape index (κ1) is 22.9. The van der Waals surface area contributed by atoms with Crippen LogP contribution in [0.2, 0.25) is 0 Å². The molecule has 6 heteroatoms. The first-order valence-corrected chi connectivity index (χ1v) is 12.4. The Morgan fingerprint density at radius 2 is 1.75 bits per heavy atom. The Hall–Kier alpha value is -1.40. The first-order chi connectivity index (χ1) is 13.2. The number of nitrogens with zero attached hydrogens (tertiary/aromatic N) is 2. The molecule has 158 valence electrons. The summed E-state index contributed by atoms with van der Waals surface area (Å²) >= 11 is 0. The summed E-state index contributed by atoms with van der Waals surface area (Å²) in [4.78, 5) is 16.8. The van der Waals surface area contributed by atoms with Gasteiger partial charge in [-0.05, 0) is 77.1 Å². The minimum atomic E-state index is -3.14. The average Bonchev–Trinajstić information content (AvgIpc) is 2.62. The molecule has 2 rings (SSSR count). The van der Waals surface area contributed by atoms with E-state index in [-0.39, 0.29) is 0 Å². The van der Waals surface area contributed by atoms with Crippen molar-refractivity contribution in [3.63, 3.8) is 0 Å². The molecule has 28 heavy (non-hydrogen) atoms. The average molecular weight is 409 g/mol. The van der Waals surface area contributed by atoms with E-state index in [1.165, 1.54) is 6.26 Å². The smallest absolute Gasteiger partial charge is 0.222 e. The van der Waals surface area contributed by atoms with Crippen LogP contribution in [0.25, 0.3) is 0 Å². The van der Waals surface area contributed by atoms with Crippen molar-refractivity contribution in [2.45, 2.75) is 76.3 Å². The molecule has 0 saturated carbocycles. The van der Waals surface area contributed by atoms with Crippen LogP contribution in [0.3, 0.4) is 0 Å². The van der Waals surface area contributed by atoms with Gasteiger partial charge in [0.05, 0.1) is 4.90 Å². The Morgan fingerprint density at radius 1 is 1.07 bits per heavy atom. The van der Waals surface area contributed by atoms with Gasteiger partial charge in [-0.25, -0.2) is 8.42 Å². The van der Waals surface area contributed by atoms with Crippen LogP contribution < -0.4 is 0 Å². The number of hydrogen-bond donors (Lipinski definition) is 0. The van der Waals surface area contributed by atoms with Crippen LogP contribution in [-0.4, -0.2) is 62.1 Å². The van der Waals surface area contributed by atoms with Gasteiger partial charge in [-0.1, -0.05) is 12.1 Å². The van der Waals surface area contributed by atoms with Gasteiger partial charge in [-0.3, -0.25) is 9.69 Å². The summed E-state index contributed by atoms with van der Waals surface area (Å²) in [6, 6.07) is 8.07. The van der Waals surface area contributed by atoms with Crippen LogP contribution >= 0.6 is 0 Å². The number of amides is 1. The Labute approximate surface area is 171 Å². The van der Waals surface area contributed by atoms with Gasteiger partial charge in [0.15, 0.2) is 9.84 Å². The zero-order chi connectivity index (χ0) is 20.7. The summed E-state index contributed by atoms with van der Waals surface area (Å²) in [6.45, 7) is 9.49. The molecular weight excluding hydrogens is 372 g/mol. The molecule has 0 bridgehead atoms. The minimum absolute atomic E-state index is 0.317. The molecule has 1 atom stereocenters. The molecule has 1 heterocycles. The largest absolute Gasteiger partial charge is 0.343 e. The summed E-state index contributed by atoms with van der Waals surface area (Å²) in [6.07, 6.45) is 7.16. The SMILES string of the molecule is CC(C)N(CCCCN1CCCCC1=O)C(C)Cc1ccc(S(C)(=O)=O)cc1. The minimum Gasteiger partial charge on any atom is -0.343 e. The molecule has 1 amide bonds. The van der Waals surface area contributed by atoms with Crippen molar-refractivity contribution in [2.75, 3.05) is 25.9 Å². The highest BCUT2D eigenvalue weighted by molar-refractivity contribution is 7.90. The summed E-state index contributed by atoms with van der Waals surface area (Å²) in [5.74, 6) is 0.317. The van der Waals surface area contributed by atoms with Crippen LogP contribution in [0.1, 0.15) is 58.4 Å². The predicted molar refractivity (Wildman–Crippen MR) is 114 cm³/mol. The van der Waals surface area contributed by atoms with E-state index < -0.39 is 9.84 Å². The van der Waals surface area contributed by atoms with E-state index in [9.17, 15) is 13.2 Å². The highest BCUT2D eigenvalue weighted by atomic mass is 32.2. The fraction of sp³-hybridized carbons (Fsp3) is 0.682. The zero-order valence-corrected chi connectivity index (χ0v) is 18.7. The van der Waals surface area contributed by atoms with Gasteiger partial charge in [0.25, 0.3) is 0 Å². The summed E-state index contributed by atoms with van der Waals surface area (Å²) < 4.78 is 23.2. The maximum absolute atomic E-state index is 11.9. The van der Waals surface area contributed by atoms with Gasteiger partial charge >= 0.3 is 0 Å². The molecule has 1 saturated heterocycles. The molecule has 1 aromatic rings. The van der Waals surface area contributed by atoms with Crippen molar-refractivity contribution in [3.05, 3.63) is 29.8 Å². The number of piperidine rings is 1. The van der Waals surface area contributed by atoms with Crippen molar-refractivity contribution >= 4 is 15.7 Å². The Bertz CT molecular complexity index is 729. The molecule has 1 aliphatic rings. The normalized spacial score (nSPS) is 16.8. The Kier molecular flexibility index (Phi) is 8.50. The lowest BCUT2D eigenvalue weighted by molar-refractivity contribution is -0.133. The summed E-state index contributed by atoms with van der Waals surface area (Å²) in [5.41, 5.74) is 1.16. The molecule has 0 N–H and O–H groups in total. The molecule has 0 aliphatic carbocycles. The molecule has 1 aromatic carbocycles. The molecule has 1 fully saturated rings. The van der Waals surface area contributed by atoms with Crippen molar-refractivity contribution in [3.8, 4) is 0 Å². The van der Waals surface area contributed by atoms with E-state index in [2.05, 4.69) is 25.7 Å². The molecular formula is C22H36N2O3S.